The Bertz CT molecular complexity index is 805. The van der Waals surface area contributed by atoms with Gasteiger partial charge in [-0.25, -0.2) is 4.68 Å². The predicted molar refractivity (Wildman–Crippen MR) is 89.0 cm³/mol. The molecule has 2 unspecified atom stereocenters. The third-order valence-electron chi connectivity index (χ3n) is 5.07. The van der Waals surface area contributed by atoms with E-state index in [1.54, 1.807) is 0 Å². The lowest BCUT2D eigenvalue weighted by Crippen LogP contribution is -2.48. The summed E-state index contributed by atoms with van der Waals surface area (Å²) in [6.45, 7) is 0. The Balaban J connectivity index is 1.47. The summed E-state index contributed by atoms with van der Waals surface area (Å²) >= 11 is 0. The van der Waals surface area contributed by atoms with Crippen molar-refractivity contribution in [3.8, 4) is 5.69 Å². The molecule has 2 N–H and O–H groups in total. The summed E-state index contributed by atoms with van der Waals surface area (Å²) in [4.78, 5) is 12.4. The number of hydrogen-bond acceptors (Lipinski definition) is 3. The summed E-state index contributed by atoms with van der Waals surface area (Å²) in [5, 5.41) is 10.7. The Kier molecular flexibility index (Phi) is 4.22. The molecule has 138 valence electrons. The number of nitrogens with one attached hydrogen (secondary N) is 2. The number of carbonyl (C=O) groups is 1. The molecule has 4 rings (SSSR count). The standard InChI is InChI=1S/C18H19F3N4O/c19-18(20,21)11-2-1-3-15(8-11)25-7-6-16(24-25)17(26)23-14-9-12-4-5-13(10-14)22-12/h1-3,6-8,12-14,22H,4-5,9-10H2,(H,23,26). The van der Waals surface area contributed by atoms with Gasteiger partial charge in [0.05, 0.1) is 11.3 Å². The first kappa shape index (κ1) is 17.1. The maximum atomic E-state index is 12.8. The number of amides is 1. The third-order valence-corrected chi connectivity index (χ3v) is 5.07. The van der Waals surface area contributed by atoms with Gasteiger partial charge in [0, 0.05) is 24.3 Å². The fraction of sp³-hybridized carbons (Fsp3) is 0.444. The summed E-state index contributed by atoms with van der Waals surface area (Å²) in [5.74, 6) is -0.290. The zero-order valence-corrected chi connectivity index (χ0v) is 14.0. The van der Waals surface area contributed by atoms with E-state index in [4.69, 9.17) is 0 Å². The molecule has 2 aromatic rings. The second-order valence-corrected chi connectivity index (χ2v) is 6.97. The van der Waals surface area contributed by atoms with Crippen LogP contribution in [0.1, 0.15) is 41.7 Å². The van der Waals surface area contributed by atoms with Crippen molar-refractivity contribution in [1.82, 2.24) is 20.4 Å². The van der Waals surface area contributed by atoms with Crippen LogP contribution >= 0.6 is 0 Å². The molecule has 2 atom stereocenters. The summed E-state index contributed by atoms with van der Waals surface area (Å²) in [7, 11) is 0. The van der Waals surface area contributed by atoms with E-state index < -0.39 is 11.7 Å². The number of fused-ring (bicyclic) bond motifs is 2. The molecule has 1 aromatic carbocycles. The molecular formula is C18H19F3N4O. The van der Waals surface area contributed by atoms with Crippen LogP contribution < -0.4 is 10.6 Å². The highest BCUT2D eigenvalue weighted by molar-refractivity contribution is 5.92. The molecule has 0 saturated carbocycles. The first-order valence-corrected chi connectivity index (χ1v) is 8.69. The van der Waals surface area contributed by atoms with Crippen LogP contribution in [-0.2, 0) is 6.18 Å². The van der Waals surface area contributed by atoms with Crippen molar-refractivity contribution >= 4 is 5.91 Å². The third kappa shape index (κ3) is 3.46. The Hall–Kier alpha value is -2.35. The molecule has 2 bridgehead atoms. The minimum atomic E-state index is -4.42. The summed E-state index contributed by atoms with van der Waals surface area (Å²) in [6.07, 6.45) is 1.16. The van der Waals surface area contributed by atoms with Crippen molar-refractivity contribution in [2.45, 2.75) is 50.0 Å². The Labute approximate surface area is 148 Å². The van der Waals surface area contributed by atoms with E-state index >= 15 is 0 Å². The topological polar surface area (TPSA) is 59.0 Å². The van der Waals surface area contributed by atoms with Crippen LogP contribution in [0.3, 0.4) is 0 Å². The van der Waals surface area contributed by atoms with E-state index in [1.807, 2.05) is 0 Å². The highest BCUT2D eigenvalue weighted by atomic mass is 19.4. The van der Waals surface area contributed by atoms with Gasteiger partial charge in [-0.1, -0.05) is 6.07 Å². The highest BCUT2D eigenvalue weighted by Gasteiger charge is 2.34. The fourth-order valence-corrected chi connectivity index (χ4v) is 3.85. The average Bonchev–Trinajstić information content (AvgIpc) is 3.21. The molecule has 8 heteroatoms. The van der Waals surface area contributed by atoms with Gasteiger partial charge in [-0.2, -0.15) is 18.3 Å². The maximum Gasteiger partial charge on any atom is 0.416 e. The zero-order chi connectivity index (χ0) is 18.3. The van der Waals surface area contributed by atoms with E-state index in [2.05, 4.69) is 15.7 Å². The molecule has 2 aliphatic rings. The summed E-state index contributed by atoms with van der Waals surface area (Å²) in [6, 6.07) is 7.42. The van der Waals surface area contributed by atoms with E-state index in [0.29, 0.717) is 12.1 Å². The first-order chi connectivity index (χ1) is 12.4. The number of rotatable bonds is 3. The molecular weight excluding hydrogens is 345 g/mol. The lowest BCUT2D eigenvalue weighted by atomic mass is 10.00. The lowest BCUT2D eigenvalue weighted by Gasteiger charge is -2.29. The van der Waals surface area contributed by atoms with Gasteiger partial charge in [0.1, 0.15) is 0 Å². The number of nitrogens with zero attached hydrogens (tertiary/aromatic N) is 2. The van der Waals surface area contributed by atoms with Crippen molar-refractivity contribution in [3.05, 3.63) is 47.8 Å². The summed E-state index contributed by atoms with van der Waals surface area (Å²) in [5.41, 5.74) is -0.284. The van der Waals surface area contributed by atoms with Gasteiger partial charge in [0.25, 0.3) is 5.91 Å². The van der Waals surface area contributed by atoms with E-state index in [0.717, 1.165) is 37.8 Å². The predicted octanol–water partition coefficient (Wildman–Crippen LogP) is 2.90. The van der Waals surface area contributed by atoms with Gasteiger partial charge >= 0.3 is 6.18 Å². The normalized spacial score (nSPS) is 25.3. The van der Waals surface area contributed by atoms with Crippen LogP contribution in [0.2, 0.25) is 0 Å². The van der Waals surface area contributed by atoms with Crippen LogP contribution in [0.5, 0.6) is 0 Å². The largest absolute Gasteiger partial charge is 0.416 e. The lowest BCUT2D eigenvalue weighted by molar-refractivity contribution is -0.137. The number of alkyl halides is 3. The monoisotopic (exact) mass is 364 g/mol. The molecule has 5 nitrogen and oxygen atoms in total. The molecule has 0 radical (unpaired) electrons. The SMILES string of the molecule is O=C(NC1CC2CCC(C1)N2)c1ccn(-c2cccc(C(F)(F)F)c2)n1. The van der Waals surface area contributed by atoms with Crippen LogP contribution in [0.4, 0.5) is 13.2 Å². The Morgan fingerprint density at radius 1 is 1.19 bits per heavy atom. The number of carbonyl (C=O) groups excluding carboxylic acids is 1. The molecule has 0 aliphatic carbocycles. The van der Waals surface area contributed by atoms with Crippen molar-refractivity contribution < 1.29 is 18.0 Å². The molecule has 1 amide bonds. The molecule has 26 heavy (non-hydrogen) atoms. The molecule has 2 aliphatic heterocycles. The van der Waals surface area contributed by atoms with Crippen molar-refractivity contribution in [1.29, 1.82) is 0 Å². The number of hydrogen-bond donors (Lipinski definition) is 2. The molecule has 3 heterocycles. The Morgan fingerprint density at radius 3 is 2.62 bits per heavy atom. The second-order valence-electron chi connectivity index (χ2n) is 6.97. The number of aromatic nitrogens is 2. The van der Waals surface area contributed by atoms with E-state index in [-0.39, 0.29) is 23.3 Å². The zero-order valence-electron chi connectivity index (χ0n) is 14.0. The number of benzene rings is 1. The van der Waals surface area contributed by atoms with Gasteiger partial charge in [-0.3, -0.25) is 4.79 Å². The average molecular weight is 364 g/mol. The van der Waals surface area contributed by atoms with E-state index in [1.165, 1.54) is 29.1 Å². The second kappa shape index (κ2) is 6.42. The smallest absolute Gasteiger partial charge is 0.348 e. The molecule has 0 spiro atoms. The highest BCUT2D eigenvalue weighted by Crippen LogP contribution is 2.30. The van der Waals surface area contributed by atoms with Crippen LogP contribution in [-0.4, -0.2) is 33.8 Å². The van der Waals surface area contributed by atoms with Gasteiger partial charge in [0.2, 0.25) is 0 Å². The van der Waals surface area contributed by atoms with Gasteiger partial charge in [0.15, 0.2) is 5.69 Å². The Morgan fingerprint density at radius 2 is 1.92 bits per heavy atom. The fourth-order valence-electron chi connectivity index (χ4n) is 3.85. The molecule has 2 fully saturated rings. The molecule has 2 saturated heterocycles. The van der Waals surface area contributed by atoms with Crippen LogP contribution in [0, 0.1) is 0 Å². The van der Waals surface area contributed by atoms with E-state index in [9.17, 15) is 18.0 Å². The minimum absolute atomic E-state index is 0.111. The van der Waals surface area contributed by atoms with Gasteiger partial charge in [-0.05, 0) is 49.9 Å². The van der Waals surface area contributed by atoms with Crippen molar-refractivity contribution in [2.75, 3.05) is 0 Å². The summed E-state index contributed by atoms with van der Waals surface area (Å²) < 4.78 is 39.8. The number of halogens is 3. The minimum Gasteiger partial charge on any atom is -0.348 e. The van der Waals surface area contributed by atoms with Crippen LogP contribution in [0.15, 0.2) is 36.5 Å². The number of piperidine rings is 1. The van der Waals surface area contributed by atoms with Crippen molar-refractivity contribution in [2.24, 2.45) is 0 Å². The van der Waals surface area contributed by atoms with Gasteiger partial charge < -0.3 is 10.6 Å². The van der Waals surface area contributed by atoms with Crippen LogP contribution in [0.25, 0.3) is 5.69 Å². The van der Waals surface area contributed by atoms with Crippen molar-refractivity contribution in [3.63, 3.8) is 0 Å². The maximum absolute atomic E-state index is 12.8. The molecule has 1 aromatic heterocycles. The van der Waals surface area contributed by atoms with Gasteiger partial charge in [-0.15, -0.1) is 0 Å². The first-order valence-electron chi connectivity index (χ1n) is 8.69. The quantitative estimate of drug-likeness (QED) is 0.881.